The lowest BCUT2D eigenvalue weighted by Gasteiger charge is -2.08. The van der Waals surface area contributed by atoms with Gasteiger partial charge in [0.2, 0.25) is 14.9 Å². The highest BCUT2D eigenvalue weighted by Crippen LogP contribution is 2.38. The number of furan rings is 2. The monoisotopic (exact) mass is 386 g/mol. The molecule has 28 heavy (non-hydrogen) atoms. The topological polar surface area (TPSA) is 60.4 Å². The lowest BCUT2D eigenvalue weighted by molar-refractivity contribution is 0.484. The minimum absolute atomic E-state index is 0.00374. The standard InChI is InChI=1S/C23H14O4S/c1-28(24,25)23-12-20-18-5-3-13-14(16(18)7-9-22(20)27-23)2-4-17-15(13)6-8-21-19(17)10-11-26-21/h2-12H,1H3. The van der Waals surface area contributed by atoms with Crippen LogP contribution in [0, 0.1) is 0 Å². The summed E-state index contributed by atoms with van der Waals surface area (Å²) in [4.78, 5) is 0. The molecule has 0 bridgehead atoms. The minimum Gasteiger partial charge on any atom is -0.464 e. The van der Waals surface area contributed by atoms with E-state index >= 15 is 0 Å². The number of hydrogen-bond acceptors (Lipinski definition) is 4. The Labute approximate surface area is 159 Å². The molecule has 0 N–H and O–H groups in total. The van der Waals surface area contributed by atoms with Crippen LogP contribution < -0.4 is 0 Å². The fourth-order valence-corrected chi connectivity index (χ4v) is 4.74. The van der Waals surface area contributed by atoms with Crippen molar-refractivity contribution in [3.8, 4) is 0 Å². The van der Waals surface area contributed by atoms with E-state index in [1.54, 1.807) is 12.3 Å². The van der Waals surface area contributed by atoms with Gasteiger partial charge in [0.15, 0.2) is 0 Å². The van der Waals surface area contributed by atoms with Crippen LogP contribution in [0.3, 0.4) is 0 Å². The van der Waals surface area contributed by atoms with Crippen molar-refractivity contribution in [2.75, 3.05) is 6.26 Å². The van der Waals surface area contributed by atoms with E-state index in [9.17, 15) is 8.42 Å². The molecule has 0 saturated carbocycles. The zero-order valence-corrected chi connectivity index (χ0v) is 15.7. The predicted octanol–water partition coefficient (Wildman–Crippen LogP) is 6.04. The van der Waals surface area contributed by atoms with Crippen LogP contribution in [0.25, 0.3) is 54.3 Å². The molecule has 0 aliphatic carbocycles. The van der Waals surface area contributed by atoms with Gasteiger partial charge in [-0.15, -0.1) is 0 Å². The third kappa shape index (κ3) is 2.02. The maximum Gasteiger partial charge on any atom is 0.219 e. The van der Waals surface area contributed by atoms with E-state index in [0.717, 1.165) is 54.9 Å². The molecule has 0 radical (unpaired) electrons. The molecule has 0 fully saturated rings. The summed E-state index contributed by atoms with van der Waals surface area (Å²) in [6.07, 6.45) is 2.87. The molecule has 6 rings (SSSR count). The van der Waals surface area contributed by atoms with Crippen LogP contribution in [-0.2, 0) is 9.84 Å². The van der Waals surface area contributed by atoms with E-state index in [0.29, 0.717) is 5.58 Å². The Morgan fingerprint density at radius 3 is 1.71 bits per heavy atom. The molecule has 0 aliphatic heterocycles. The average molecular weight is 386 g/mol. The molecule has 2 heterocycles. The lowest BCUT2D eigenvalue weighted by atomic mass is 9.95. The van der Waals surface area contributed by atoms with Gasteiger partial charge in [-0.2, -0.15) is 0 Å². The molecule has 0 aliphatic rings. The molecular weight excluding hydrogens is 372 g/mol. The summed E-state index contributed by atoms with van der Waals surface area (Å²) < 4.78 is 34.9. The maximum absolute atomic E-state index is 11.9. The van der Waals surface area contributed by atoms with Crippen LogP contribution in [0.4, 0.5) is 0 Å². The summed E-state index contributed by atoms with van der Waals surface area (Å²) in [5.74, 6) is 0. The van der Waals surface area contributed by atoms with Gasteiger partial charge >= 0.3 is 0 Å². The molecule has 0 unspecified atom stereocenters. The molecule has 4 aromatic carbocycles. The van der Waals surface area contributed by atoms with Crippen LogP contribution in [-0.4, -0.2) is 14.7 Å². The highest BCUT2D eigenvalue weighted by Gasteiger charge is 2.16. The zero-order chi connectivity index (χ0) is 19.0. The first-order chi connectivity index (χ1) is 13.5. The second-order valence-corrected chi connectivity index (χ2v) is 9.08. The van der Waals surface area contributed by atoms with E-state index in [2.05, 4.69) is 24.3 Å². The fraction of sp³-hybridized carbons (Fsp3) is 0.0435. The number of fused-ring (bicyclic) bond motifs is 9. The van der Waals surface area contributed by atoms with Gasteiger partial charge in [0.1, 0.15) is 11.2 Å². The average Bonchev–Trinajstić information content (AvgIpc) is 3.33. The van der Waals surface area contributed by atoms with Crippen molar-refractivity contribution in [2.24, 2.45) is 0 Å². The molecule has 0 spiro atoms. The zero-order valence-electron chi connectivity index (χ0n) is 14.9. The Hall–Kier alpha value is -3.31. The number of benzene rings is 4. The Bertz CT molecular complexity index is 1680. The Kier molecular flexibility index (Phi) is 2.89. The summed E-state index contributed by atoms with van der Waals surface area (Å²) in [7, 11) is -3.40. The largest absolute Gasteiger partial charge is 0.464 e. The third-order valence-electron chi connectivity index (χ3n) is 5.47. The summed E-state index contributed by atoms with van der Waals surface area (Å²) >= 11 is 0. The van der Waals surface area contributed by atoms with Crippen molar-refractivity contribution >= 4 is 64.1 Å². The second kappa shape index (κ2) is 5.14. The SMILES string of the molecule is CS(=O)(=O)c1cc2c(ccc3c2ccc2c4ccc5occc5c4ccc32)o1. The summed E-state index contributed by atoms with van der Waals surface area (Å²) in [6.45, 7) is 0. The van der Waals surface area contributed by atoms with Gasteiger partial charge in [0, 0.05) is 23.1 Å². The first-order valence-electron chi connectivity index (χ1n) is 8.89. The lowest BCUT2D eigenvalue weighted by Crippen LogP contribution is -1.93. The van der Waals surface area contributed by atoms with Crippen LogP contribution >= 0.6 is 0 Å². The van der Waals surface area contributed by atoms with Crippen LogP contribution in [0.1, 0.15) is 0 Å². The van der Waals surface area contributed by atoms with Crippen LogP contribution in [0.5, 0.6) is 0 Å². The van der Waals surface area contributed by atoms with E-state index in [1.807, 2.05) is 30.3 Å². The van der Waals surface area contributed by atoms with Gasteiger partial charge in [-0.25, -0.2) is 8.42 Å². The smallest absolute Gasteiger partial charge is 0.219 e. The molecule has 2 aromatic heterocycles. The van der Waals surface area contributed by atoms with Crippen molar-refractivity contribution in [2.45, 2.75) is 5.09 Å². The Balaban J connectivity index is 1.76. The van der Waals surface area contributed by atoms with Gasteiger partial charge in [0.25, 0.3) is 0 Å². The molecule has 5 heteroatoms. The highest BCUT2D eigenvalue weighted by atomic mass is 32.2. The van der Waals surface area contributed by atoms with Crippen molar-refractivity contribution in [1.29, 1.82) is 0 Å². The minimum atomic E-state index is -3.40. The quantitative estimate of drug-likeness (QED) is 0.323. The van der Waals surface area contributed by atoms with Crippen molar-refractivity contribution in [3.05, 3.63) is 66.9 Å². The van der Waals surface area contributed by atoms with Crippen molar-refractivity contribution < 1.29 is 17.3 Å². The normalized spacial score (nSPS) is 12.8. The van der Waals surface area contributed by atoms with Gasteiger partial charge in [-0.3, -0.25) is 0 Å². The maximum atomic E-state index is 11.9. The first-order valence-corrected chi connectivity index (χ1v) is 10.8. The molecule has 0 atom stereocenters. The molecular formula is C23H14O4S. The molecule has 136 valence electrons. The van der Waals surface area contributed by atoms with Crippen molar-refractivity contribution in [1.82, 2.24) is 0 Å². The van der Waals surface area contributed by atoms with E-state index in [4.69, 9.17) is 8.83 Å². The summed E-state index contributed by atoms with van der Waals surface area (Å²) in [6, 6.07) is 19.9. The summed E-state index contributed by atoms with van der Waals surface area (Å²) in [5, 5.41) is 8.55. The number of rotatable bonds is 1. The Morgan fingerprint density at radius 1 is 0.607 bits per heavy atom. The van der Waals surface area contributed by atoms with Crippen molar-refractivity contribution in [3.63, 3.8) is 0 Å². The van der Waals surface area contributed by atoms with Crippen LogP contribution in [0.2, 0.25) is 0 Å². The van der Waals surface area contributed by atoms with Gasteiger partial charge in [0.05, 0.1) is 6.26 Å². The van der Waals surface area contributed by atoms with E-state index in [-0.39, 0.29) is 5.09 Å². The molecule has 0 saturated heterocycles. The van der Waals surface area contributed by atoms with Gasteiger partial charge in [-0.05, 0) is 50.5 Å². The molecule has 0 amide bonds. The highest BCUT2D eigenvalue weighted by molar-refractivity contribution is 7.90. The molecule has 6 aromatic rings. The van der Waals surface area contributed by atoms with E-state index in [1.165, 1.54) is 0 Å². The van der Waals surface area contributed by atoms with E-state index < -0.39 is 9.84 Å². The number of hydrogen-bond donors (Lipinski definition) is 0. The Morgan fingerprint density at radius 2 is 1.11 bits per heavy atom. The predicted molar refractivity (Wildman–Crippen MR) is 112 cm³/mol. The molecule has 4 nitrogen and oxygen atoms in total. The number of sulfone groups is 1. The van der Waals surface area contributed by atoms with Crippen LogP contribution in [0.15, 0.2) is 80.9 Å². The first kappa shape index (κ1) is 15.7. The fourth-order valence-electron chi connectivity index (χ4n) is 4.17. The van der Waals surface area contributed by atoms with Gasteiger partial charge in [-0.1, -0.05) is 36.4 Å². The third-order valence-corrected chi connectivity index (χ3v) is 6.40. The second-order valence-electron chi connectivity index (χ2n) is 7.13. The summed E-state index contributed by atoms with van der Waals surface area (Å²) in [5.41, 5.74) is 1.45. The van der Waals surface area contributed by atoms with Gasteiger partial charge < -0.3 is 8.83 Å².